The van der Waals surface area contributed by atoms with Crippen LogP contribution in [0.4, 0.5) is 5.13 Å². The molecule has 6 nitrogen and oxygen atoms in total. The second kappa shape index (κ2) is 10.8. The summed E-state index contributed by atoms with van der Waals surface area (Å²) in [7, 11) is 0. The Morgan fingerprint density at radius 3 is 2.52 bits per heavy atom. The van der Waals surface area contributed by atoms with E-state index in [1.165, 1.54) is 11.3 Å². The van der Waals surface area contributed by atoms with Crippen molar-refractivity contribution in [2.24, 2.45) is 5.92 Å². The molecule has 2 N–H and O–H groups in total. The van der Waals surface area contributed by atoms with E-state index in [0.717, 1.165) is 10.0 Å². The number of hydrogen-bond donors (Lipinski definition) is 2. The van der Waals surface area contributed by atoms with Crippen LogP contribution in [0.5, 0.6) is 0 Å². The summed E-state index contributed by atoms with van der Waals surface area (Å²) in [6.45, 7) is 3.87. The van der Waals surface area contributed by atoms with Gasteiger partial charge < -0.3 is 5.32 Å². The Kier molecular flexibility index (Phi) is 8.17. The number of amides is 2. The van der Waals surface area contributed by atoms with E-state index in [1.807, 2.05) is 56.3 Å². The van der Waals surface area contributed by atoms with Crippen LogP contribution in [-0.2, 0) is 9.59 Å². The van der Waals surface area contributed by atoms with Crippen LogP contribution < -0.4 is 10.6 Å². The van der Waals surface area contributed by atoms with Crippen molar-refractivity contribution in [2.75, 3.05) is 5.32 Å². The third kappa shape index (κ3) is 6.12. The summed E-state index contributed by atoms with van der Waals surface area (Å²) in [5.74, 6) is -0.863. The van der Waals surface area contributed by atoms with Crippen molar-refractivity contribution in [2.45, 2.75) is 31.7 Å². The maximum Gasteiger partial charge on any atom is 0.249 e. The van der Waals surface area contributed by atoms with Crippen LogP contribution in [0.2, 0.25) is 0 Å². The molecule has 0 radical (unpaired) electrons. The zero-order chi connectivity index (χ0) is 22.4. The van der Waals surface area contributed by atoms with Crippen molar-refractivity contribution in [3.05, 3.63) is 64.6 Å². The minimum atomic E-state index is -0.884. The van der Waals surface area contributed by atoms with Crippen LogP contribution in [0.25, 0.3) is 10.6 Å². The molecule has 1 aromatic heterocycles. The van der Waals surface area contributed by atoms with Gasteiger partial charge in [0.1, 0.15) is 16.4 Å². The van der Waals surface area contributed by atoms with Gasteiger partial charge in [-0.05, 0) is 23.6 Å². The number of carbonyl (C=O) groups is 2. The summed E-state index contributed by atoms with van der Waals surface area (Å²) in [5.41, 5.74) is 1.57. The number of hydrogen-bond acceptors (Lipinski definition) is 5. The van der Waals surface area contributed by atoms with E-state index in [-0.39, 0.29) is 11.8 Å². The van der Waals surface area contributed by atoms with Crippen LogP contribution >= 0.6 is 38.9 Å². The van der Waals surface area contributed by atoms with Gasteiger partial charge in [0.05, 0.1) is 0 Å². The van der Waals surface area contributed by atoms with Crippen LogP contribution in [0, 0.1) is 5.92 Å². The molecule has 0 fully saturated rings. The first-order chi connectivity index (χ1) is 14.9. The molecule has 0 saturated heterocycles. The number of halogens is 2. The molecule has 3 aromatic rings. The fourth-order valence-corrected chi connectivity index (χ4v) is 4.25. The SMILES string of the molecule is CCC(C)C(NC(=O)C(Cl)c1ccccc1)C(=O)Nc1nnc(-c2cccc(Br)c2)s1. The Bertz CT molecular complexity index is 1050. The fraction of sp³-hybridized carbons (Fsp3) is 0.273. The molecule has 162 valence electrons. The second-order valence-corrected chi connectivity index (χ2v) is 9.39. The molecule has 0 spiro atoms. The molecular weight excluding hydrogens is 500 g/mol. The zero-order valence-corrected chi connectivity index (χ0v) is 20.2. The monoisotopic (exact) mass is 520 g/mol. The number of nitrogens with one attached hydrogen (secondary N) is 2. The highest BCUT2D eigenvalue weighted by Crippen LogP contribution is 2.28. The summed E-state index contributed by atoms with van der Waals surface area (Å²) < 4.78 is 0.930. The largest absolute Gasteiger partial charge is 0.342 e. The highest BCUT2D eigenvalue weighted by molar-refractivity contribution is 9.10. The lowest BCUT2D eigenvalue weighted by atomic mass is 9.98. The van der Waals surface area contributed by atoms with Crippen molar-refractivity contribution >= 4 is 55.8 Å². The van der Waals surface area contributed by atoms with Crippen molar-refractivity contribution in [3.8, 4) is 10.6 Å². The van der Waals surface area contributed by atoms with Gasteiger partial charge in [0.15, 0.2) is 0 Å². The van der Waals surface area contributed by atoms with Gasteiger partial charge in [-0.25, -0.2) is 0 Å². The van der Waals surface area contributed by atoms with Crippen molar-refractivity contribution in [1.29, 1.82) is 0 Å². The van der Waals surface area contributed by atoms with Gasteiger partial charge >= 0.3 is 0 Å². The molecular formula is C22H22BrClN4O2S. The highest BCUT2D eigenvalue weighted by Gasteiger charge is 2.29. The van der Waals surface area contributed by atoms with E-state index in [9.17, 15) is 9.59 Å². The smallest absolute Gasteiger partial charge is 0.249 e. The molecule has 0 bridgehead atoms. The summed E-state index contributed by atoms with van der Waals surface area (Å²) in [6, 6.07) is 16.0. The first-order valence-corrected chi connectivity index (χ1v) is 11.8. The van der Waals surface area contributed by atoms with Crippen molar-refractivity contribution in [1.82, 2.24) is 15.5 Å². The predicted molar refractivity (Wildman–Crippen MR) is 128 cm³/mol. The van der Waals surface area contributed by atoms with E-state index >= 15 is 0 Å². The number of carbonyl (C=O) groups excluding carboxylic acids is 2. The average Bonchev–Trinajstić information content (AvgIpc) is 3.25. The maximum absolute atomic E-state index is 13.0. The van der Waals surface area contributed by atoms with Gasteiger partial charge in [0.2, 0.25) is 16.9 Å². The van der Waals surface area contributed by atoms with Gasteiger partial charge in [-0.15, -0.1) is 21.8 Å². The van der Waals surface area contributed by atoms with E-state index in [4.69, 9.17) is 11.6 Å². The van der Waals surface area contributed by atoms with Gasteiger partial charge in [-0.3, -0.25) is 14.9 Å². The van der Waals surface area contributed by atoms with Crippen LogP contribution in [0.1, 0.15) is 31.2 Å². The number of anilines is 1. The number of alkyl halides is 1. The molecule has 31 heavy (non-hydrogen) atoms. The van der Waals surface area contributed by atoms with Gasteiger partial charge in [0, 0.05) is 10.0 Å². The van der Waals surface area contributed by atoms with Crippen LogP contribution in [0.15, 0.2) is 59.1 Å². The van der Waals surface area contributed by atoms with Gasteiger partial charge in [0.25, 0.3) is 0 Å². The minimum absolute atomic E-state index is 0.0962. The molecule has 0 aliphatic heterocycles. The Labute approximate surface area is 198 Å². The molecule has 3 atom stereocenters. The maximum atomic E-state index is 13.0. The van der Waals surface area contributed by atoms with E-state index in [2.05, 4.69) is 36.8 Å². The van der Waals surface area contributed by atoms with E-state index in [0.29, 0.717) is 22.1 Å². The zero-order valence-electron chi connectivity index (χ0n) is 17.0. The first kappa shape index (κ1) is 23.4. The quantitative estimate of drug-likeness (QED) is 0.388. The molecule has 0 aliphatic carbocycles. The van der Waals surface area contributed by atoms with Gasteiger partial charge in [-0.2, -0.15) is 0 Å². The van der Waals surface area contributed by atoms with Crippen LogP contribution in [-0.4, -0.2) is 28.1 Å². The lowest BCUT2D eigenvalue weighted by molar-refractivity contribution is -0.127. The number of benzene rings is 2. The summed E-state index contributed by atoms with van der Waals surface area (Å²) in [5, 5.41) is 14.0. The predicted octanol–water partition coefficient (Wildman–Crippen LogP) is 5.42. The van der Waals surface area contributed by atoms with Crippen LogP contribution in [0.3, 0.4) is 0 Å². The number of rotatable bonds is 8. The Hall–Kier alpha value is -2.29. The first-order valence-electron chi connectivity index (χ1n) is 9.78. The summed E-state index contributed by atoms with van der Waals surface area (Å²) in [6.07, 6.45) is 0.704. The molecule has 0 aliphatic rings. The molecule has 1 heterocycles. The Morgan fingerprint density at radius 1 is 1.10 bits per heavy atom. The molecule has 3 rings (SSSR count). The molecule has 0 saturated carbocycles. The normalized spacial score (nSPS) is 13.8. The topological polar surface area (TPSA) is 84.0 Å². The Morgan fingerprint density at radius 2 is 1.84 bits per heavy atom. The molecule has 2 amide bonds. The van der Waals surface area contributed by atoms with Crippen molar-refractivity contribution < 1.29 is 9.59 Å². The fourth-order valence-electron chi connectivity index (χ4n) is 2.90. The van der Waals surface area contributed by atoms with E-state index < -0.39 is 17.3 Å². The van der Waals surface area contributed by atoms with E-state index in [1.54, 1.807) is 12.1 Å². The summed E-state index contributed by atoms with van der Waals surface area (Å²) in [4.78, 5) is 25.7. The molecule has 9 heteroatoms. The highest BCUT2D eigenvalue weighted by atomic mass is 79.9. The third-order valence-electron chi connectivity index (χ3n) is 4.84. The standard InChI is InChI=1S/C22H22BrClN4O2S/c1-3-13(2)18(25-19(29)17(24)14-8-5-4-6-9-14)20(30)26-22-28-27-21(31-22)15-10-7-11-16(23)12-15/h4-13,17-18H,3H2,1-2H3,(H,25,29)(H,26,28,30). The lowest BCUT2D eigenvalue weighted by Crippen LogP contribution is -2.48. The molecule has 2 aromatic carbocycles. The third-order valence-corrected chi connectivity index (χ3v) is 6.67. The number of aromatic nitrogens is 2. The minimum Gasteiger partial charge on any atom is -0.342 e. The summed E-state index contributed by atoms with van der Waals surface area (Å²) >= 11 is 11.0. The Balaban J connectivity index is 1.71. The molecule has 3 unspecified atom stereocenters. The lowest BCUT2D eigenvalue weighted by Gasteiger charge is -2.24. The average molecular weight is 522 g/mol. The van der Waals surface area contributed by atoms with Gasteiger partial charge in [-0.1, -0.05) is 90.0 Å². The van der Waals surface area contributed by atoms with Crippen molar-refractivity contribution in [3.63, 3.8) is 0 Å². The number of nitrogens with zero attached hydrogens (tertiary/aromatic N) is 2. The second-order valence-electron chi connectivity index (χ2n) is 7.06.